The molecule has 0 bridgehead atoms. The van der Waals surface area contributed by atoms with Crippen molar-refractivity contribution in [3.63, 3.8) is 0 Å². The Hall–Kier alpha value is -2.04. The first-order valence-corrected chi connectivity index (χ1v) is 6.48. The van der Waals surface area contributed by atoms with Crippen molar-refractivity contribution in [2.45, 2.75) is 33.1 Å². The highest BCUT2D eigenvalue weighted by Gasteiger charge is 2.01. The van der Waals surface area contributed by atoms with Crippen molar-refractivity contribution in [1.29, 1.82) is 0 Å². The molecule has 0 aliphatic rings. The Morgan fingerprint density at radius 2 is 2.10 bits per heavy atom. The number of benzene rings is 1. The summed E-state index contributed by atoms with van der Waals surface area (Å²) in [6.45, 7) is 4.15. The van der Waals surface area contributed by atoms with Crippen LogP contribution in [0.4, 0.5) is 0 Å². The number of carbonyl (C=O) groups is 2. The van der Waals surface area contributed by atoms with Gasteiger partial charge in [-0.25, -0.2) is 0 Å². The summed E-state index contributed by atoms with van der Waals surface area (Å²) in [5.41, 5.74) is 0.486. The average molecular weight is 282 g/mol. The van der Waals surface area contributed by atoms with Gasteiger partial charge in [0.25, 0.3) is 0 Å². The summed E-state index contributed by atoms with van der Waals surface area (Å²) in [7, 11) is 1.43. The summed E-state index contributed by atoms with van der Waals surface area (Å²) in [6.07, 6.45) is 2.90. The van der Waals surface area contributed by atoms with Gasteiger partial charge in [-0.05, 0) is 30.5 Å². The summed E-state index contributed by atoms with van der Waals surface area (Å²) in [5.74, 6) is 0.226. The van der Waals surface area contributed by atoms with Gasteiger partial charge in [-0.1, -0.05) is 20.3 Å². The van der Waals surface area contributed by atoms with Crippen LogP contribution in [0.1, 0.15) is 43.5 Å². The number of rotatable bonds is 6. The third-order valence-electron chi connectivity index (χ3n) is 2.89. The van der Waals surface area contributed by atoms with E-state index in [2.05, 4.69) is 13.8 Å². The molecule has 2 N–H and O–H groups in total. The number of phenolic OH excluding ortho intramolecular Hbond substituents is 1. The number of carboxylic acids is 1. The number of aromatic hydroxyl groups is 1. The van der Waals surface area contributed by atoms with Crippen LogP contribution in [-0.2, 0) is 4.79 Å². The lowest BCUT2D eigenvalue weighted by atomic mass is 10.0. The van der Waals surface area contributed by atoms with Crippen molar-refractivity contribution in [2.75, 3.05) is 7.11 Å². The van der Waals surface area contributed by atoms with Gasteiger partial charge < -0.3 is 14.9 Å². The van der Waals surface area contributed by atoms with E-state index in [0.29, 0.717) is 29.9 Å². The maximum absolute atomic E-state index is 10.2. The molecule has 1 unspecified atom stereocenters. The van der Waals surface area contributed by atoms with Gasteiger partial charge in [-0.2, -0.15) is 0 Å². The highest BCUT2D eigenvalue weighted by molar-refractivity contribution is 5.76. The first kappa shape index (κ1) is 18.0. The molecule has 0 spiro atoms. The first-order chi connectivity index (χ1) is 9.44. The van der Waals surface area contributed by atoms with Crippen molar-refractivity contribution < 1.29 is 24.5 Å². The van der Waals surface area contributed by atoms with E-state index in [1.807, 2.05) is 0 Å². The third-order valence-corrected chi connectivity index (χ3v) is 2.89. The number of methoxy groups -OCH3 is 1. The number of hydrogen-bond donors (Lipinski definition) is 2. The van der Waals surface area contributed by atoms with Crippen LogP contribution in [0, 0.1) is 5.92 Å². The van der Waals surface area contributed by atoms with Gasteiger partial charge in [-0.15, -0.1) is 0 Å². The van der Waals surface area contributed by atoms with Crippen molar-refractivity contribution in [2.24, 2.45) is 5.92 Å². The topological polar surface area (TPSA) is 83.8 Å². The number of aliphatic carboxylic acids is 1. The fourth-order valence-corrected chi connectivity index (χ4v) is 1.34. The lowest BCUT2D eigenvalue weighted by molar-refractivity contribution is -0.137. The average Bonchev–Trinajstić information content (AvgIpc) is 2.45. The monoisotopic (exact) mass is 282 g/mol. The van der Waals surface area contributed by atoms with Crippen LogP contribution in [-0.4, -0.2) is 29.6 Å². The minimum Gasteiger partial charge on any atom is -0.504 e. The molecule has 1 rings (SSSR count). The number of carbonyl (C=O) groups excluding carboxylic acids is 1. The van der Waals surface area contributed by atoms with E-state index >= 15 is 0 Å². The minimum atomic E-state index is -0.685. The lowest BCUT2D eigenvalue weighted by Gasteiger charge is -2.03. The summed E-state index contributed by atoms with van der Waals surface area (Å²) in [5, 5.41) is 17.3. The maximum atomic E-state index is 10.2. The van der Waals surface area contributed by atoms with E-state index in [1.54, 1.807) is 0 Å². The molecule has 0 aromatic heterocycles. The van der Waals surface area contributed by atoms with E-state index < -0.39 is 5.97 Å². The van der Waals surface area contributed by atoms with E-state index in [0.717, 1.165) is 12.8 Å². The van der Waals surface area contributed by atoms with E-state index in [-0.39, 0.29) is 5.75 Å². The van der Waals surface area contributed by atoms with E-state index in [9.17, 15) is 9.59 Å². The Morgan fingerprint density at radius 1 is 1.45 bits per heavy atom. The molecule has 5 nitrogen and oxygen atoms in total. The number of hydrogen-bond acceptors (Lipinski definition) is 4. The fourth-order valence-electron chi connectivity index (χ4n) is 1.34. The molecular formula is C15H22O5. The molecule has 1 aromatic carbocycles. The van der Waals surface area contributed by atoms with E-state index in [1.165, 1.54) is 25.3 Å². The lowest BCUT2D eigenvalue weighted by Crippen LogP contribution is -1.99. The number of carboxylic acid groups (broad SMARTS) is 1. The predicted molar refractivity (Wildman–Crippen MR) is 76.4 cm³/mol. The second kappa shape index (κ2) is 9.83. The number of aldehydes is 1. The van der Waals surface area contributed by atoms with Gasteiger partial charge in [0.2, 0.25) is 0 Å². The zero-order valence-corrected chi connectivity index (χ0v) is 12.1. The highest BCUT2D eigenvalue weighted by atomic mass is 16.5. The molecule has 0 heterocycles. The Kier molecular flexibility index (Phi) is 8.83. The standard InChI is InChI=1S/C8H8O3.C7H14O2/c1-11-8-4-6(5-9)2-3-7(8)10;1-3-6(2)4-5-7(8)9/h2-5,10H,1H3;6H,3-5H2,1-2H3,(H,8,9). The Labute approximate surface area is 119 Å². The van der Waals surface area contributed by atoms with Crippen molar-refractivity contribution >= 4 is 12.3 Å². The third kappa shape index (κ3) is 7.41. The van der Waals surface area contributed by atoms with Gasteiger partial charge in [0.1, 0.15) is 6.29 Å². The van der Waals surface area contributed by atoms with Crippen LogP contribution in [0.3, 0.4) is 0 Å². The molecule has 5 heteroatoms. The molecule has 112 valence electrons. The normalized spacial score (nSPS) is 10.9. The molecule has 0 amide bonds. The van der Waals surface area contributed by atoms with Crippen LogP contribution >= 0.6 is 0 Å². The van der Waals surface area contributed by atoms with Crippen LogP contribution < -0.4 is 4.74 Å². The van der Waals surface area contributed by atoms with Crippen molar-refractivity contribution in [1.82, 2.24) is 0 Å². The van der Waals surface area contributed by atoms with E-state index in [4.69, 9.17) is 14.9 Å². The maximum Gasteiger partial charge on any atom is 0.303 e. The second-order valence-electron chi connectivity index (χ2n) is 4.49. The summed E-state index contributed by atoms with van der Waals surface area (Å²) < 4.78 is 4.78. The van der Waals surface area contributed by atoms with Crippen LogP contribution in [0.25, 0.3) is 0 Å². The molecule has 0 fully saturated rings. The fraction of sp³-hybridized carbons (Fsp3) is 0.467. The zero-order valence-electron chi connectivity index (χ0n) is 12.1. The Bertz CT molecular complexity index is 428. The van der Waals surface area contributed by atoms with Gasteiger partial charge in [0.15, 0.2) is 11.5 Å². The van der Waals surface area contributed by atoms with Crippen LogP contribution in [0.15, 0.2) is 18.2 Å². The smallest absolute Gasteiger partial charge is 0.303 e. The first-order valence-electron chi connectivity index (χ1n) is 6.48. The Balaban J connectivity index is 0.000000370. The number of ether oxygens (including phenoxy) is 1. The molecule has 0 saturated carbocycles. The van der Waals surface area contributed by atoms with Crippen molar-refractivity contribution in [3.8, 4) is 11.5 Å². The molecule has 0 radical (unpaired) electrons. The molecule has 1 aromatic rings. The summed E-state index contributed by atoms with van der Waals surface area (Å²) in [4.78, 5) is 20.3. The zero-order chi connectivity index (χ0) is 15.5. The van der Waals surface area contributed by atoms with Crippen LogP contribution in [0.5, 0.6) is 11.5 Å². The molecule has 0 saturated heterocycles. The minimum absolute atomic E-state index is 0.0399. The Morgan fingerprint density at radius 3 is 2.55 bits per heavy atom. The van der Waals surface area contributed by atoms with Crippen molar-refractivity contribution in [3.05, 3.63) is 23.8 Å². The SMILES string of the molecule is CCC(C)CCC(=O)O.COc1cc(C=O)ccc1O. The predicted octanol–water partition coefficient (Wildman–Crippen LogP) is 3.11. The van der Waals surface area contributed by atoms with Gasteiger partial charge >= 0.3 is 5.97 Å². The summed E-state index contributed by atoms with van der Waals surface area (Å²) >= 11 is 0. The van der Waals surface area contributed by atoms with Crippen LogP contribution in [0.2, 0.25) is 0 Å². The molecule has 1 atom stereocenters. The van der Waals surface area contributed by atoms with Gasteiger partial charge in [0, 0.05) is 12.0 Å². The largest absolute Gasteiger partial charge is 0.504 e. The molecule has 0 aliphatic heterocycles. The summed E-state index contributed by atoms with van der Waals surface area (Å²) in [6, 6.07) is 4.41. The molecule has 0 aliphatic carbocycles. The quantitative estimate of drug-likeness (QED) is 0.783. The molecule has 20 heavy (non-hydrogen) atoms. The van der Waals surface area contributed by atoms with Gasteiger partial charge in [-0.3, -0.25) is 9.59 Å². The highest BCUT2D eigenvalue weighted by Crippen LogP contribution is 2.25. The second-order valence-corrected chi connectivity index (χ2v) is 4.49. The van der Waals surface area contributed by atoms with Gasteiger partial charge in [0.05, 0.1) is 7.11 Å². The molecular weight excluding hydrogens is 260 g/mol. The number of phenols is 1.